The van der Waals surface area contributed by atoms with Crippen LogP contribution in [0.3, 0.4) is 0 Å². The smallest absolute Gasteiger partial charge is 0.326 e. The highest BCUT2D eigenvalue weighted by atomic mass is 16.4. The Hall–Kier alpha value is -12.9. The van der Waals surface area contributed by atoms with Crippen molar-refractivity contribution in [2.24, 2.45) is 78.6 Å². The lowest BCUT2D eigenvalue weighted by molar-refractivity contribution is -0.142. The molecular formula is C77H121N25O19. The van der Waals surface area contributed by atoms with Crippen molar-refractivity contribution >= 4 is 107 Å². The molecule has 15 atom stereocenters. The van der Waals surface area contributed by atoms with Gasteiger partial charge in [-0.3, -0.25) is 82.1 Å². The monoisotopic (exact) mass is 1700 g/mol. The lowest BCUT2D eigenvalue weighted by Crippen LogP contribution is -2.64. The zero-order valence-corrected chi connectivity index (χ0v) is 68.9. The molecule has 121 heavy (non-hydrogen) atoms. The first-order valence-electron chi connectivity index (χ1n) is 40.0. The zero-order chi connectivity index (χ0) is 90.2. The second kappa shape index (κ2) is 51.4. The van der Waals surface area contributed by atoms with Gasteiger partial charge in [-0.1, -0.05) is 84.1 Å². The van der Waals surface area contributed by atoms with Gasteiger partial charge in [-0.15, -0.1) is 0 Å². The second-order valence-corrected chi connectivity index (χ2v) is 29.9. The van der Waals surface area contributed by atoms with Crippen LogP contribution >= 0.6 is 0 Å². The Bertz CT molecular complexity index is 4060. The highest BCUT2D eigenvalue weighted by Gasteiger charge is 2.42. The molecule has 33 N–H and O–H groups in total. The fourth-order valence-electron chi connectivity index (χ4n) is 13.0. The van der Waals surface area contributed by atoms with Gasteiger partial charge in [-0.25, -0.2) is 9.78 Å². The van der Waals surface area contributed by atoms with Gasteiger partial charge in [-0.05, 0) is 118 Å². The van der Waals surface area contributed by atoms with Crippen molar-refractivity contribution in [1.29, 1.82) is 0 Å². The number of H-pyrrole nitrogens is 1. The highest BCUT2D eigenvalue weighted by Crippen LogP contribution is 2.28. The number of phenols is 2. The maximum atomic E-state index is 15.1. The van der Waals surface area contributed by atoms with Gasteiger partial charge in [-0.2, -0.15) is 0 Å². The molecule has 1 saturated carbocycles. The predicted octanol–water partition coefficient (Wildman–Crippen LogP) is -5.87. The third-order valence-corrected chi connectivity index (χ3v) is 20.1. The van der Waals surface area contributed by atoms with Gasteiger partial charge in [0.25, 0.3) is 0 Å². The molecule has 1 heterocycles. The number of aromatic amines is 1. The number of hydrogen-bond acceptors (Lipinski definition) is 22. The first kappa shape index (κ1) is 100. The van der Waals surface area contributed by atoms with Gasteiger partial charge in [0, 0.05) is 58.4 Å². The largest absolute Gasteiger partial charge is 0.508 e. The van der Waals surface area contributed by atoms with Crippen molar-refractivity contribution in [3.05, 3.63) is 77.9 Å². The molecule has 0 bridgehead atoms. The van der Waals surface area contributed by atoms with Crippen molar-refractivity contribution in [2.75, 3.05) is 19.6 Å². The molecule has 0 aliphatic heterocycles. The molecule has 2 aromatic carbocycles. The van der Waals surface area contributed by atoms with Crippen LogP contribution in [0.4, 0.5) is 0 Å². The van der Waals surface area contributed by atoms with Crippen LogP contribution in [0.5, 0.6) is 11.5 Å². The number of imidazole rings is 1. The number of benzene rings is 2. The Kier molecular flexibility index (Phi) is 42.7. The summed E-state index contributed by atoms with van der Waals surface area (Å²) in [5.41, 5.74) is 45.4. The summed E-state index contributed by atoms with van der Waals surface area (Å²) in [5.74, 6) is -18.5. The normalized spacial score (nSPS) is 15.6. The van der Waals surface area contributed by atoms with Crippen LogP contribution in [-0.2, 0) is 91.2 Å². The summed E-state index contributed by atoms with van der Waals surface area (Å²) in [5, 5.41) is 72.2. The number of carboxylic acid groups (broad SMARTS) is 1. The van der Waals surface area contributed by atoms with E-state index in [2.05, 4.69) is 88.7 Å². The summed E-state index contributed by atoms with van der Waals surface area (Å²) < 4.78 is 0. The zero-order valence-electron chi connectivity index (χ0n) is 68.9. The Morgan fingerprint density at radius 3 is 1.21 bits per heavy atom. The summed E-state index contributed by atoms with van der Waals surface area (Å²) in [6.07, 6.45) is 1.00. The summed E-state index contributed by atoms with van der Waals surface area (Å²) in [7, 11) is 0. The molecule has 1 fully saturated rings. The van der Waals surface area contributed by atoms with Crippen LogP contribution in [0.1, 0.15) is 161 Å². The number of phenolic OH excluding ortho intramolecular Hbond substituents is 2. The van der Waals surface area contributed by atoms with E-state index in [-0.39, 0.29) is 120 Å². The van der Waals surface area contributed by atoms with Gasteiger partial charge in [0.2, 0.25) is 82.7 Å². The van der Waals surface area contributed by atoms with E-state index in [1.807, 2.05) is 0 Å². The van der Waals surface area contributed by atoms with E-state index < -0.39 is 204 Å². The third kappa shape index (κ3) is 36.5. The quantitative estimate of drug-likeness (QED) is 0.0142. The number of aliphatic imine (C=N–C) groups is 3. The SMILES string of the molecule is CC[C@H](C)[C@H](NC(=O)[C@H](Cc1ccc(O)cc1)NC(=O)[C@H](Cc1c[nH]cn1)NC(=O)[C@H](CCCN=C(N)N)NC(C)=O)C(=O)N[C@@H](CC(N)=O)C(=O)N[C@H](C(=O)N[C@H](C(=O)N[C@H](C(=O)N[C@@H](CCCN=C(N)N)C(=O)N[C@@H](CCC(N)=O)C(=O)N[C@@H](CCCN=C(N)N)C(=O)N[C@@H](Cc1ccc(O)cc1)C(=O)O)[C@@H](C)O)[C@@H](C)CC)C1CCCCC1. The first-order valence-corrected chi connectivity index (χ1v) is 40.0. The standard InChI is InChI=1S/C77H121N25O19/c1-7-39(3)59(99-68(114)53(33-43-20-24-47(105)25-21-43)95-67(113)54(35-46-37-86-38-90-46)96-63(109)49(91-42(6)104)17-12-30-87-75(80)81)70(116)97-55(36-58(79)108)69(115)102-62(45-15-10-9-11-16-45)73(119)100-60(40(4)8-2)71(117)101-61(41(5)103)72(118)94-51(19-14-32-89-77(84)85)64(110)93-52(28-29-57(78)107)66(112)92-50(18-13-31-88-76(82)83)65(111)98-56(74(120)121)34-44-22-26-48(106)27-23-44/h20-27,37-41,45,49-56,59-62,103,105-106H,7-19,28-36H2,1-6H3,(H2,78,107)(H2,79,108)(H,86,90)(H,91,104)(H,92,112)(H,93,110)(H,94,118)(H,95,113)(H,96,109)(H,97,116)(H,98,111)(H,99,114)(H,100,119)(H,101,117)(H,102,115)(H,120,121)(H4,80,81,87)(H4,82,83,88)(H4,84,85,89)/t39-,40-,41+,49-,50-,51-,52-,53-,54-,55-,56-,59-,60-,61-,62-/m0/s1. The van der Waals surface area contributed by atoms with Gasteiger partial charge >= 0.3 is 5.97 Å². The van der Waals surface area contributed by atoms with Gasteiger partial charge < -0.3 is 135 Å². The minimum absolute atomic E-state index is 0.0267. The molecule has 0 unspecified atom stereocenters. The summed E-state index contributed by atoms with van der Waals surface area (Å²) in [6.45, 7) is 8.76. The maximum Gasteiger partial charge on any atom is 0.326 e. The van der Waals surface area contributed by atoms with E-state index in [0.717, 1.165) is 13.3 Å². The van der Waals surface area contributed by atoms with E-state index in [4.69, 9.17) is 45.9 Å². The molecule has 4 rings (SSSR count). The molecule has 0 saturated heterocycles. The number of aliphatic hydroxyl groups excluding tert-OH is 1. The minimum atomic E-state index is -1.93. The molecule has 44 heteroatoms. The summed E-state index contributed by atoms with van der Waals surface area (Å²) in [4.78, 5) is 229. The fourth-order valence-corrected chi connectivity index (χ4v) is 13.0. The molecule has 0 radical (unpaired) electrons. The molecule has 1 aliphatic rings. The molecule has 3 aromatic rings. The average molecular weight is 1700 g/mol. The van der Waals surface area contributed by atoms with Gasteiger partial charge in [0.15, 0.2) is 17.9 Å². The number of aromatic nitrogens is 2. The number of nitrogens with two attached hydrogens (primary N) is 8. The van der Waals surface area contributed by atoms with Crippen molar-refractivity contribution in [2.45, 2.75) is 242 Å². The molecular weight excluding hydrogens is 1580 g/mol. The number of nitrogens with zero attached hydrogens (tertiary/aromatic N) is 4. The summed E-state index contributed by atoms with van der Waals surface area (Å²) in [6, 6.07) is -8.03. The fraction of sp³-hybridized carbons (Fsp3) is 0.571. The number of aromatic hydroxyl groups is 2. The number of carbonyl (C=O) groups excluding carboxylic acids is 14. The lowest BCUT2D eigenvalue weighted by atomic mass is 9.83. The number of aliphatic carboxylic acids is 1. The molecule has 668 valence electrons. The van der Waals surface area contributed by atoms with Crippen molar-refractivity contribution in [1.82, 2.24) is 73.8 Å². The maximum absolute atomic E-state index is 15.1. The van der Waals surface area contributed by atoms with E-state index in [9.17, 15) is 87.5 Å². The number of carbonyl (C=O) groups is 15. The van der Waals surface area contributed by atoms with Crippen molar-refractivity contribution in [3.8, 4) is 11.5 Å². The van der Waals surface area contributed by atoms with Crippen molar-refractivity contribution < 1.29 is 92.3 Å². The Morgan fingerprint density at radius 2 is 0.802 bits per heavy atom. The molecule has 44 nitrogen and oxygen atoms in total. The summed E-state index contributed by atoms with van der Waals surface area (Å²) >= 11 is 0. The van der Waals surface area contributed by atoms with E-state index in [0.29, 0.717) is 42.5 Å². The van der Waals surface area contributed by atoms with Gasteiger partial charge in [0.05, 0.1) is 24.5 Å². The number of hydrogen-bond donors (Lipinski definition) is 25. The topological polar surface area (TPSA) is 755 Å². The predicted molar refractivity (Wildman–Crippen MR) is 442 cm³/mol. The van der Waals surface area contributed by atoms with Gasteiger partial charge in [0.1, 0.15) is 84.0 Å². The molecule has 1 aliphatic carbocycles. The number of primary amides is 2. The van der Waals surface area contributed by atoms with Crippen LogP contribution in [-0.4, -0.2) is 235 Å². The average Bonchev–Trinajstić information content (AvgIpc) is 0.980. The number of guanidine groups is 3. The van der Waals surface area contributed by atoms with Crippen LogP contribution < -0.4 is 110 Å². The Labute approximate surface area is 699 Å². The lowest BCUT2D eigenvalue weighted by Gasteiger charge is -2.34. The van der Waals surface area contributed by atoms with Crippen LogP contribution in [0.15, 0.2) is 76.0 Å². The first-order chi connectivity index (χ1) is 57.2. The highest BCUT2D eigenvalue weighted by molar-refractivity contribution is 6.01. The second-order valence-electron chi connectivity index (χ2n) is 29.9. The number of nitrogens with one attached hydrogen (secondary N) is 13. The van der Waals surface area contributed by atoms with Crippen molar-refractivity contribution in [3.63, 3.8) is 0 Å². The van der Waals surface area contributed by atoms with E-state index in [1.54, 1.807) is 27.7 Å². The number of aliphatic hydroxyl groups is 1. The van der Waals surface area contributed by atoms with Crippen LogP contribution in [0, 0.1) is 17.8 Å². The van der Waals surface area contributed by atoms with Crippen LogP contribution in [0.2, 0.25) is 0 Å². The Balaban J connectivity index is 1.65. The third-order valence-electron chi connectivity index (χ3n) is 20.1. The number of rotatable bonds is 53. The van der Waals surface area contributed by atoms with E-state index >= 15 is 4.79 Å². The van der Waals surface area contributed by atoms with Crippen LogP contribution in [0.25, 0.3) is 0 Å². The molecule has 1 aromatic heterocycles. The van der Waals surface area contributed by atoms with E-state index in [1.165, 1.54) is 68.0 Å². The Morgan fingerprint density at radius 1 is 0.438 bits per heavy atom. The minimum Gasteiger partial charge on any atom is -0.508 e. The molecule has 0 spiro atoms. The number of carboxylic acids is 1. The number of amides is 14. The molecule has 14 amide bonds.